The maximum atomic E-state index is 11.1. The van der Waals surface area contributed by atoms with Gasteiger partial charge in [-0.15, -0.1) is 0 Å². The quantitative estimate of drug-likeness (QED) is 0.322. The average Bonchev–Trinajstić information content (AvgIpc) is 2.15. The summed E-state index contributed by atoms with van der Waals surface area (Å²) in [5, 5.41) is 17.8. The van der Waals surface area contributed by atoms with Gasteiger partial charge in [0.2, 0.25) is 0 Å². The van der Waals surface area contributed by atoms with E-state index in [1.807, 2.05) is 22.6 Å². The summed E-state index contributed by atoms with van der Waals surface area (Å²) in [5.74, 6) is -0.606. The van der Waals surface area contributed by atoms with Gasteiger partial charge in [0.25, 0.3) is 0 Å². The third-order valence-electron chi connectivity index (χ3n) is 1.51. The second-order valence-electron chi connectivity index (χ2n) is 2.47. The second-order valence-corrected chi connectivity index (χ2v) is 3.58. The number of ether oxygens (including phenoxy) is 1. The summed E-state index contributed by atoms with van der Waals surface area (Å²) >= 11 is 1.87. The number of methoxy groups -OCH3 is 1. The Kier molecular flexibility index (Phi) is 3.84. The number of hydrogen-bond donors (Lipinski definition) is 2. The van der Waals surface area contributed by atoms with Crippen molar-refractivity contribution in [3.63, 3.8) is 0 Å². The van der Waals surface area contributed by atoms with E-state index in [2.05, 4.69) is 9.72 Å². The highest BCUT2D eigenvalue weighted by molar-refractivity contribution is 14.1. The van der Waals surface area contributed by atoms with Gasteiger partial charge in [-0.1, -0.05) is 0 Å². The highest BCUT2D eigenvalue weighted by atomic mass is 127. The zero-order valence-electron chi connectivity index (χ0n) is 7.27. The number of carbonyl (C=O) groups is 1. The van der Waals surface area contributed by atoms with Gasteiger partial charge in [0.05, 0.1) is 7.11 Å². The van der Waals surface area contributed by atoms with Gasteiger partial charge in [-0.25, -0.2) is 9.78 Å². The normalized spacial score (nSPS) is 9.71. The van der Waals surface area contributed by atoms with Crippen LogP contribution in [0.5, 0.6) is 0 Å². The van der Waals surface area contributed by atoms with Crippen LogP contribution in [0.25, 0.3) is 0 Å². The van der Waals surface area contributed by atoms with Gasteiger partial charge in [0.15, 0.2) is 0 Å². The molecule has 0 aliphatic heterocycles. The van der Waals surface area contributed by atoms with Crippen LogP contribution in [0.15, 0.2) is 12.1 Å². The fourth-order valence-electron chi connectivity index (χ4n) is 0.875. The molecule has 1 aromatic heterocycles. The molecule has 1 rings (SSSR count). The molecule has 0 aliphatic rings. The van der Waals surface area contributed by atoms with Gasteiger partial charge in [-0.3, -0.25) is 0 Å². The predicted octanol–water partition coefficient (Wildman–Crippen LogP) is -0.847. The molecule has 7 heteroatoms. The minimum atomic E-state index is -1.62. The third kappa shape index (κ3) is 2.66. The van der Waals surface area contributed by atoms with Crippen LogP contribution in [-0.4, -0.2) is 35.2 Å². The lowest BCUT2D eigenvalue weighted by Crippen LogP contribution is -2.31. The van der Waals surface area contributed by atoms with Crippen molar-refractivity contribution in [3.8, 4) is 0 Å². The molecule has 1 aromatic rings. The molecular weight excluding hydrogens is 300 g/mol. The van der Waals surface area contributed by atoms with E-state index in [0.29, 0.717) is 3.70 Å². The van der Waals surface area contributed by atoms with Crippen LogP contribution < -0.4 is 5.46 Å². The van der Waals surface area contributed by atoms with Crippen LogP contribution in [0.2, 0.25) is 0 Å². The Morgan fingerprint density at radius 3 is 2.71 bits per heavy atom. The number of aromatic nitrogens is 1. The van der Waals surface area contributed by atoms with Gasteiger partial charge in [0.1, 0.15) is 9.39 Å². The molecule has 0 fully saturated rings. The highest BCUT2D eigenvalue weighted by Gasteiger charge is 2.16. The second kappa shape index (κ2) is 4.71. The summed E-state index contributed by atoms with van der Waals surface area (Å²) in [4.78, 5) is 15.0. The number of nitrogens with zero attached hydrogens (tertiary/aromatic N) is 1. The average molecular weight is 307 g/mol. The fourth-order valence-corrected chi connectivity index (χ4v) is 1.49. The van der Waals surface area contributed by atoms with Crippen molar-refractivity contribution in [2.24, 2.45) is 0 Å². The molecule has 5 nitrogen and oxygen atoms in total. The Hall–Kier alpha value is -0.665. The number of esters is 1. The van der Waals surface area contributed by atoms with E-state index in [0.717, 1.165) is 0 Å². The van der Waals surface area contributed by atoms with Crippen molar-refractivity contribution in [2.45, 2.75) is 0 Å². The van der Waals surface area contributed by atoms with Gasteiger partial charge >= 0.3 is 13.1 Å². The lowest BCUT2D eigenvalue weighted by molar-refractivity contribution is 0.0594. The van der Waals surface area contributed by atoms with E-state index in [1.54, 1.807) is 0 Å². The minimum Gasteiger partial charge on any atom is -0.464 e. The lowest BCUT2D eigenvalue weighted by atomic mass is 9.81. The number of halogens is 1. The van der Waals surface area contributed by atoms with E-state index in [4.69, 9.17) is 10.0 Å². The molecule has 0 amide bonds. The van der Waals surface area contributed by atoms with Crippen molar-refractivity contribution < 1.29 is 19.6 Å². The summed E-state index contributed by atoms with van der Waals surface area (Å²) < 4.78 is 4.95. The molecule has 0 radical (unpaired) electrons. The zero-order valence-corrected chi connectivity index (χ0v) is 9.43. The molecule has 0 saturated carbocycles. The van der Waals surface area contributed by atoms with E-state index >= 15 is 0 Å². The van der Waals surface area contributed by atoms with Crippen LogP contribution in [0.3, 0.4) is 0 Å². The number of pyridine rings is 1. The molecule has 2 N–H and O–H groups in total. The molecule has 0 bridgehead atoms. The zero-order chi connectivity index (χ0) is 10.7. The van der Waals surface area contributed by atoms with Crippen LogP contribution in [-0.2, 0) is 4.74 Å². The molecule has 0 unspecified atom stereocenters. The van der Waals surface area contributed by atoms with E-state index in [1.165, 1.54) is 19.2 Å². The van der Waals surface area contributed by atoms with Gasteiger partial charge < -0.3 is 14.8 Å². The fraction of sp³-hybridized carbons (Fsp3) is 0.143. The monoisotopic (exact) mass is 307 g/mol. The summed E-state index contributed by atoms with van der Waals surface area (Å²) in [5.41, 5.74) is 0.271. The Bertz CT molecular complexity index is 358. The van der Waals surface area contributed by atoms with Crippen molar-refractivity contribution >= 4 is 41.1 Å². The molecule has 74 valence electrons. The summed E-state index contributed by atoms with van der Waals surface area (Å²) in [6.45, 7) is 0. The standard InChI is InChI=1S/C7H7BINO4/c1-14-7(11)5-2-4(8(12)13)3-6(9)10-5/h2-3,12-13H,1H3. The van der Waals surface area contributed by atoms with Crippen molar-refractivity contribution in [2.75, 3.05) is 7.11 Å². The first-order chi connectivity index (χ1) is 6.54. The van der Waals surface area contributed by atoms with Gasteiger partial charge in [0, 0.05) is 0 Å². The van der Waals surface area contributed by atoms with Crippen molar-refractivity contribution in [1.82, 2.24) is 4.98 Å². The first kappa shape index (κ1) is 11.4. The van der Waals surface area contributed by atoms with Crippen LogP contribution in [0.1, 0.15) is 10.5 Å². The van der Waals surface area contributed by atoms with Crippen LogP contribution in [0.4, 0.5) is 0 Å². The number of rotatable bonds is 2. The Balaban J connectivity index is 3.13. The van der Waals surface area contributed by atoms with E-state index in [-0.39, 0.29) is 11.2 Å². The molecule has 0 aromatic carbocycles. The Morgan fingerprint density at radius 1 is 1.57 bits per heavy atom. The van der Waals surface area contributed by atoms with E-state index < -0.39 is 13.1 Å². The summed E-state index contributed by atoms with van der Waals surface area (Å²) in [7, 11) is -0.381. The smallest absolute Gasteiger partial charge is 0.464 e. The minimum absolute atomic E-state index is 0.0579. The molecule has 0 saturated heterocycles. The first-order valence-corrected chi connectivity index (χ1v) is 4.74. The maximum Gasteiger partial charge on any atom is 0.488 e. The van der Waals surface area contributed by atoms with Gasteiger partial charge in [-0.05, 0) is 40.2 Å². The molecular formula is C7H7BINO4. The third-order valence-corrected chi connectivity index (χ3v) is 2.06. The number of carbonyl (C=O) groups excluding carboxylic acids is 1. The van der Waals surface area contributed by atoms with Crippen LogP contribution >= 0.6 is 22.6 Å². The van der Waals surface area contributed by atoms with E-state index in [9.17, 15) is 4.79 Å². The lowest BCUT2D eigenvalue weighted by Gasteiger charge is -2.03. The first-order valence-electron chi connectivity index (χ1n) is 3.66. The molecule has 14 heavy (non-hydrogen) atoms. The molecule has 1 heterocycles. The maximum absolute atomic E-state index is 11.1. The van der Waals surface area contributed by atoms with Gasteiger partial charge in [-0.2, -0.15) is 0 Å². The molecule has 0 aliphatic carbocycles. The van der Waals surface area contributed by atoms with Crippen molar-refractivity contribution in [1.29, 1.82) is 0 Å². The summed E-state index contributed by atoms with van der Waals surface area (Å²) in [6.07, 6.45) is 0. The topological polar surface area (TPSA) is 79.7 Å². The summed E-state index contributed by atoms with van der Waals surface area (Å²) in [6, 6.07) is 2.75. The largest absolute Gasteiger partial charge is 0.488 e. The predicted molar refractivity (Wildman–Crippen MR) is 58.1 cm³/mol. The Labute approximate surface area is 94.4 Å². The molecule has 0 spiro atoms. The van der Waals surface area contributed by atoms with Crippen molar-refractivity contribution in [3.05, 3.63) is 21.5 Å². The van der Waals surface area contributed by atoms with Crippen LogP contribution in [0, 0.1) is 3.70 Å². The Morgan fingerprint density at radius 2 is 2.21 bits per heavy atom. The highest BCUT2D eigenvalue weighted by Crippen LogP contribution is 2.02. The molecule has 0 atom stereocenters. The SMILES string of the molecule is COC(=O)c1cc(B(O)O)cc(I)n1. The number of hydrogen-bond acceptors (Lipinski definition) is 5.